The quantitative estimate of drug-likeness (QED) is 0.618. The lowest BCUT2D eigenvalue weighted by molar-refractivity contribution is -0.140. The number of ether oxygens (including phenoxy) is 1. The summed E-state index contributed by atoms with van der Waals surface area (Å²) in [5.74, 6) is 0.518. The van der Waals surface area contributed by atoms with Crippen molar-refractivity contribution in [3.8, 4) is 0 Å². The van der Waals surface area contributed by atoms with Crippen molar-refractivity contribution < 1.29 is 9.53 Å². The molecular weight excluding hydrogens is 270 g/mol. The fourth-order valence-corrected chi connectivity index (χ4v) is 2.68. The number of esters is 1. The Kier molecular flexibility index (Phi) is 7.16. The fourth-order valence-electron chi connectivity index (χ4n) is 1.41. The number of halogens is 1. The van der Waals surface area contributed by atoms with Crippen molar-refractivity contribution in [2.45, 2.75) is 24.8 Å². The number of methoxy groups -OCH3 is 1. The second-order valence-corrected chi connectivity index (χ2v) is 5.28. The second kappa shape index (κ2) is 8.40. The molecule has 0 aromatic heterocycles. The Labute approximate surface area is 117 Å². The van der Waals surface area contributed by atoms with Crippen molar-refractivity contribution in [2.24, 2.45) is 0 Å². The van der Waals surface area contributed by atoms with E-state index in [4.69, 9.17) is 11.6 Å². The normalized spacial score (nSPS) is 10.4. The molecule has 1 N–H and O–H groups in total. The maximum atomic E-state index is 11.1. The summed E-state index contributed by atoms with van der Waals surface area (Å²) in [5, 5.41) is 4.01. The number of thioether (sulfide) groups is 1. The van der Waals surface area contributed by atoms with Crippen LogP contribution in [0.15, 0.2) is 23.1 Å². The van der Waals surface area contributed by atoms with Crippen LogP contribution in [0.4, 0.5) is 0 Å². The third-order valence-electron chi connectivity index (χ3n) is 2.39. The standard InChI is InChI=1S/C13H18ClNO2S/c1-3-15-9-10-4-5-11(14)8-12(10)18-7-6-13(16)17-2/h4-5,8,15H,3,6-7,9H2,1-2H3. The number of hydrogen-bond donors (Lipinski definition) is 1. The Morgan fingerprint density at radius 2 is 2.28 bits per heavy atom. The minimum absolute atomic E-state index is 0.183. The summed E-state index contributed by atoms with van der Waals surface area (Å²) < 4.78 is 4.62. The van der Waals surface area contributed by atoms with Gasteiger partial charge in [-0.05, 0) is 24.2 Å². The number of nitrogens with one attached hydrogen (secondary N) is 1. The Morgan fingerprint density at radius 3 is 2.94 bits per heavy atom. The summed E-state index contributed by atoms with van der Waals surface area (Å²) in [6.45, 7) is 3.81. The van der Waals surface area contributed by atoms with Crippen LogP contribution in [0.5, 0.6) is 0 Å². The van der Waals surface area contributed by atoms with Gasteiger partial charge in [-0.25, -0.2) is 0 Å². The van der Waals surface area contributed by atoms with Crippen molar-refractivity contribution in [3.63, 3.8) is 0 Å². The van der Waals surface area contributed by atoms with Gasteiger partial charge in [0.15, 0.2) is 0 Å². The minimum atomic E-state index is -0.183. The Balaban J connectivity index is 2.60. The van der Waals surface area contributed by atoms with Gasteiger partial charge < -0.3 is 10.1 Å². The van der Waals surface area contributed by atoms with E-state index in [-0.39, 0.29) is 5.97 Å². The average Bonchev–Trinajstić information content (AvgIpc) is 2.37. The molecule has 1 rings (SSSR count). The molecule has 3 nitrogen and oxygen atoms in total. The van der Waals surface area contributed by atoms with Crippen molar-refractivity contribution in [1.82, 2.24) is 5.32 Å². The first-order valence-corrected chi connectivity index (χ1v) is 7.22. The Hall–Kier alpha value is -0.710. The Bertz CT molecular complexity index is 399. The van der Waals surface area contributed by atoms with Gasteiger partial charge in [0.25, 0.3) is 0 Å². The average molecular weight is 288 g/mol. The van der Waals surface area contributed by atoms with Gasteiger partial charge in [-0.1, -0.05) is 24.6 Å². The molecule has 0 bridgehead atoms. The lowest BCUT2D eigenvalue weighted by Gasteiger charge is -2.10. The third-order valence-corrected chi connectivity index (χ3v) is 3.72. The molecular formula is C13H18ClNO2S. The van der Waals surface area contributed by atoms with Gasteiger partial charge in [0.2, 0.25) is 0 Å². The van der Waals surface area contributed by atoms with E-state index in [1.54, 1.807) is 11.8 Å². The van der Waals surface area contributed by atoms with E-state index in [2.05, 4.69) is 17.0 Å². The highest BCUT2D eigenvalue weighted by Crippen LogP contribution is 2.27. The molecule has 0 amide bonds. The fraction of sp³-hybridized carbons (Fsp3) is 0.462. The van der Waals surface area contributed by atoms with Crippen molar-refractivity contribution in [3.05, 3.63) is 28.8 Å². The highest BCUT2D eigenvalue weighted by atomic mass is 35.5. The van der Waals surface area contributed by atoms with Crippen molar-refractivity contribution in [2.75, 3.05) is 19.4 Å². The van der Waals surface area contributed by atoms with Crippen LogP contribution in [0.25, 0.3) is 0 Å². The largest absolute Gasteiger partial charge is 0.469 e. The van der Waals surface area contributed by atoms with Gasteiger partial charge in [-0.2, -0.15) is 0 Å². The maximum absolute atomic E-state index is 11.1. The molecule has 1 aromatic rings. The van der Waals surface area contributed by atoms with E-state index < -0.39 is 0 Å². The molecule has 0 atom stereocenters. The first-order chi connectivity index (χ1) is 8.67. The van der Waals surface area contributed by atoms with Crippen LogP contribution in [-0.4, -0.2) is 25.4 Å². The van der Waals surface area contributed by atoms with Crippen LogP contribution >= 0.6 is 23.4 Å². The molecule has 0 aliphatic rings. The zero-order valence-electron chi connectivity index (χ0n) is 10.7. The summed E-state index contributed by atoms with van der Waals surface area (Å²) in [6, 6.07) is 5.85. The van der Waals surface area contributed by atoms with Gasteiger partial charge in [0.05, 0.1) is 13.5 Å². The molecule has 0 radical (unpaired) electrons. The third kappa shape index (κ3) is 5.29. The SMILES string of the molecule is CCNCc1ccc(Cl)cc1SCCC(=O)OC. The summed E-state index contributed by atoms with van der Waals surface area (Å²) in [6.07, 6.45) is 0.411. The summed E-state index contributed by atoms with van der Waals surface area (Å²) in [4.78, 5) is 12.2. The topological polar surface area (TPSA) is 38.3 Å². The summed E-state index contributed by atoms with van der Waals surface area (Å²) >= 11 is 7.62. The first-order valence-electron chi connectivity index (χ1n) is 5.86. The predicted octanol–water partition coefficient (Wildman–Crippen LogP) is 3.10. The van der Waals surface area contributed by atoms with E-state index in [0.717, 1.165) is 23.0 Å². The maximum Gasteiger partial charge on any atom is 0.306 e. The second-order valence-electron chi connectivity index (χ2n) is 3.71. The smallest absolute Gasteiger partial charge is 0.306 e. The molecule has 5 heteroatoms. The molecule has 0 aliphatic carbocycles. The Morgan fingerprint density at radius 1 is 1.50 bits per heavy atom. The van der Waals surface area contributed by atoms with Gasteiger partial charge in [0.1, 0.15) is 0 Å². The lowest BCUT2D eigenvalue weighted by Crippen LogP contribution is -2.12. The molecule has 1 aromatic carbocycles. The van der Waals surface area contributed by atoms with Crippen molar-refractivity contribution in [1.29, 1.82) is 0 Å². The highest BCUT2D eigenvalue weighted by Gasteiger charge is 2.06. The number of hydrogen-bond acceptors (Lipinski definition) is 4. The summed E-state index contributed by atoms with van der Waals surface area (Å²) in [7, 11) is 1.41. The molecule has 0 aliphatic heterocycles. The molecule has 18 heavy (non-hydrogen) atoms. The van der Waals surface area contributed by atoms with Crippen LogP contribution in [0.1, 0.15) is 18.9 Å². The summed E-state index contributed by atoms with van der Waals surface area (Å²) in [5.41, 5.74) is 1.20. The van der Waals surface area contributed by atoms with E-state index in [9.17, 15) is 4.79 Å². The minimum Gasteiger partial charge on any atom is -0.469 e. The van der Waals surface area contributed by atoms with Crippen LogP contribution in [0.2, 0.25) is 5.02 Å². The van der Waals surface area contributed by atoms with Crippen LogP contribution < -0.4 is 5.32 Å². The lowest BCUT2D eigenvalue weighted by atomic mass is 10.2. The molecule has 0 saturated carbocycles. The van der Waals surface area contributed by atoms with Gasteiger partial charge in [-0.3, -0.25) is 4.79 Å². The zero-order valence-corrected chi connectivity index (χ0v) is 12.2. The number of carbonyl (C=O) groups excluding carboxylic acids is 1. The predicted molar refractivity (Wildman–Crippen MR) is 76.2 cm³/mol. The van der Waals surface area contributed by atoms with Crippen LogP contribution in [-0.2, 0) is 16.1 Å². The van der Waals surface area contributed by atoms with Gasteiger partial charge in [0, 0.05) is 22.2 Å². The van der Waals surface area contributed by atoms with E-state index in [1.165, 1.54) is 12.7 Å². The number of carbonyl (C=O) groups is 1. The molecule has 0 heterocycles. The molecule has 100 valence electrons. The van der Waals surface area contributed by atoms with Crippen LogP contribution in [0.3, 0.4) is 0 Å². The van der Waals surface area contributed by atoms with Gasteiger partial charge in [-0.15, -0.1) is 11.8 Å². The molecule has 0 spiro atoms. The number of benzene rings is 1. The van der Waals surface area contributed by atoms with E-state index >= 15 is 0 Å². The first kappa shape index (κ1) is 15.3. The monoisotopic (exact) mass is 287 g/mol. The molecule has 0 unspecified atom stereocenters. The number of rotatable bonds is 7. The molecule has 0 fully saturated rings. The molecule has 0 saturated heterocycles. The van der Waals surface area contributed by atoms with E-state index in [0.29, 0.717) is 12.2 Å². The highest BCUT2D eigenvalue weighted by molar-refractivity contribution is 7.99. The zero-order chi connectivity index (χ0) is 13.4. The van der Waals surface area contributed by atoms with E-state index in [1.807, 2.05) is 18.2 Å². The van der Waals surface area contributed by atoms with Crippen molar-refractivity contribution >= 4 is 29.3 Å². The van der Waals surface area contributed by atoms with Crippen LogP contribution in [0, 0.1) is 0 Å². The van der Waals surface area contributed by atoms with Gasteiger partial charge >= 0.3 is 5.97 Å².